The molecule has 1 N–H and O–H groups in total. The summed E-state index contributed by atoms with van der Waals surface area (Å²) in [6, 6.07) is -0.254. The van der Waals surface area contributed by atoms with Crippen LogP contribution in [0.2, 0.25) is 0 Å². The Labute approximate surface area is 118 Å². The fourth-order valence-electron chi connectivity index (χ4n) is 1.97. The molecular formula is C15H31NO3. The maximum Gasteiger partial charge on any atom is 0.323 e. The minimum atomic E-state index is -0.254. The molecule has 0 aliphatic rings. The Balaban J connectivity index is 3.77. The second kappa shape index (κ2) is 12.4. The molecule has 0 rings (SSSR count). The highest BCUT2D eigenvalue weighted by Gasteiger charge is 2.17. The zero-order valence-electron chi connectivity index (χ0n) is 13.0. The summed E-state index contributed by atoms with van der Waals surface area (Å²) in [4.78, 5) is 11.6. The van der Waals surface area contributed by atoms with Crippen LogP contribution in [0.1, 0.15) is 52.9 Å². The van der Waals surface area contributed by atoms with Crippen LogP contribution in [-0.4, -0.2) is 38.9 Å². The lowest BCUT2D eigenvalue weighted by Gasteiger charge is -2.17. The van der Waals surface area contributed by atoms with E-state index < -0.39 is 0 Å². The van der Waals surface area contributed by atoms with Crippen molar-refractivity contribution in [1.82, 2.24) is 5.32 Å². The number of ether oxygens (including phenoxy) is 2. The molecule has 0 fully saturated rings. The van der Waals surface area contributed by atoms with Crippen molar-refractivity contribution < 1.29 is 14.3 Å². The lowest BCUT2D eigenvalue weighted by atomic mass is 10.0. The third-order valence-corrected chi connectivity index (χ3v) is 3.37. The van der Waals surface area contributed by atoms with E-state index >= 15 is 0 Å². The Morgan fingerprint density at radius 3 is 2.47 bits per heavy atom. The van der Waals surface area contributed by atoms with Crippen LogP contribution in [0.15, 0.2) is 0 Å². The van der Waals surface area contributed by atoms with Gasteiger partial charge in [-0.3, -0.25) is 4.79 Å². The predicted octanol–water partition coefficient (Wildman–Crippen LogP) is 2.76. The summed E-state index contributed by atoms with van der Waals surface area (Å²) < 4.78 is 10.7. The Bertz CT molecular complexity index is 221. The fraction of sp³-hybridized carbons (Fsp3) is 0.933. The molecule has 0 aliphatic heterocycles. The molecular weight excluding hydrogens is 242 g/mol. The Hall–Kier alpha value is -0.610. The molecule has 4 nitrogen and oxygen atoms in total. The number of nitrogens with one attached hydrogen (secondary N) is 1. The SMILES string of the molecule is CCCCC(CC)COCCC(NC)C(=O)OCC. The quantitative estimate of drug-likeness (QED) is 0.439. The van der Waals surface area contributed by atoms with Gasteiger partial charge in [0.05, 0.1) is 6.61 Å². The number of hydrogen-bond acceptors (Lipinski definition) is 4. The van der Waals surface area contributed by atoms with E-state index in [0.29, 0.717) is 25.6 Å². The van der Waals surface area contributed by atoms with E-state index in [1.54, 1.807) is 7.05 Å². The van der Waals surface area contributed by atoms with Crippen LogP contribution >= 0.6 is 0 Å². The van der Waals surface area contributed by atoms with Crippen molar-refractivity contribution in [2.75, 3.05) is 26.9 Å². The average Bonchev–Trinajstić information content (AvgIpc) is 2.42. The lowest BCUT2D eigenvalue weighted by molar-refractivity contribution is -0.146. The summed E-state index contributed by atoms with van der Waals surface area (Å²) in [7, 11) is 1.78. The Morgan fingerprint density at radius 1 is 1.21 bits per heavy atom. The first kappa shape index (κ1) is 18.4. The van der Waals surface area contributed by atoms with Crippen molar-refractivity contribution in [3.8, 4) is 0 Å². The molecule has 0 radical (unpaired) electrons. The number of rotatable bonds is 12. The topological polar surface area (TPSA) is 47.6 Å². The molecule has 114 valence electrons. The number of esters is 1. The first-order chi connectivity index (χ1) is 9.19. The van der Waals surface area contributed by atoms with E-state index in [2.05, 4.69) is 19.2 Å². The van der Waals surface area contributed by atoms with Gasteiger partial charge < -0.3 is 14.8 Å². The first-order valence-corrected chi connectivity index (χ1v) is 7.61. The van der Waals surface area contributed by atoms with E-state index in [1.807, 2.05) is 6.92 Å². The second-order valence-corrected chi connectivity index (χ2v) is 4.87. The van der Waals surface area contributed by atoms with E-state index in [9.17, 15) is 4.79 Å². The molecule has 0 bridgehead atoms. The molecule has 0 aliphatic carbocycles. The van der Waals surface area contributed by atoms with Crippen LogP contribution in [0.3, 0.4) is 0 Å². The van der Waals surface area contributed by atoms with Gasteiger partial charge in [0.1, 0.15) is 6.04 Å². The molecule has 0 spiro atoms. The van der Waals surface area contributed by atoms with Crippen LogP contribution in [0, 0.1) is 5.92 Å². The second-order valence-electron chi connectivity index (χ2n) is 4.87. The summed E-state index contributed by atoms with van der Waals surface area (Å²) in [5.41, 5.74) is 0. The number of likely N-dealkylation sites (N-methyl/N-ethyl adjacent to an activating group) is 1. The zero-order chi connectivity index (χ0) is 14.5. The molecule has 4 heteroatoms. The summed E-state index contributed by atoms with van der Waals surface area (Å²) in [6.07, 6.45) is 5.57. The van der Waals surface area contributed by atoms with Gasteiger partial charge in [-0.2, -0.15) is 0 Å². The van der Waals surface area contributed by atoms with Crippen LogP contribution in [0.4, 0.5) is 0 Å². The third kappa shape index (κ3) is 9.00. The van der Waals surface area contributed by atoms with Crippen LogP contribution < -0.4 is 5.32 Å². The molecule has 0 saturated carbocycles. The van der Waals surface area contributed by atoms with Crippen LogP contribution in [-0.2, 0) is 14.3 Å². The number of hydrogen-bond donors (Lipinski definition) is 1. The van der Waals surface area contributed by atoms with Crippen molar-refractivity contribution in [1.29, 1.82) is 0 Å². The van der Waals surface area contributed by atoms with E-state index in [4.69, 9.17) is 9.47 Å². The summed E-state index contributed by atoms with van der Waals surface area (Å²) in [5.74, 6) is 0.460. The van der Waals surface area contributed by atoms with Crippen molar-refractivity contribution in [3.63, 3.8) is 0 Å². The van der Waals surface area contributed by atoms with E-state index in [-0.39, 0.29) is 12.0 Å². The van der Waals surface area contributed by atoms with Crippen molar-refractivity contribution >= 4 is 5.97 Å². The average molecular weight is 273 g/mol. The van der Waals surface area contributed by atoms with E-state index in [0.717, 1.165) is 13.0 Å². The zero-order valence-corrected chi connectivity index (χ0v) is 13.0. The fourth-order valence-corrected chi connectivity index (χ4v) is 1.97. The number of carbonyl (C=O) groups is 1. The molecule has 2 atom stereocenters. The van der Waals surface area contributed by atoms with Gasteiger partial charge in [0, 0.05) is 13.2 Å². The highest BCUT2D eigenvalue weighted by molar-refractivity contribution is 5.75. The minimum Gasteiger partial charge on any atom is -0.465 e. The third-order valence-electron chi connectivity index (χ3n) is 3.37. The van der Waals surface area contributed by atoms with Crippen molar-refractivity contribution in [2.45, 2.75) is 58.9 Å². The van der Waals surface area contributed by atoms with Gasteiger partial charge in [-0.25, -0.2) is 0 Å². The van der Waals surface area contributed by atoms with E-state index in [1.165, 1.54) is 19.3 Å². The Kier molecular flexibility index (Phi) is 12.0. The predicted molar refractivity (Wildman–Crippen MR) is 78.2 cm³/mol. The van der Waals surface area contributed by atoms with Crippen LogP contribution in [0.5, 0.6) is 0 Å². The van der Waals surface area contributed by atoms with Crippen molar-refractivity contribution in [3.05, 3.63) is 0 Å². The maximum absolute atomic E-state index is 11.6. The van der Waals surface area contributed by atoms with Crippen molar-refractivity contribution in [2.24, 2.45) is 5.92 Å². The normalized spacial score (nSPS) is 14.1. The molecule has 0 saturated heterocycles. The summed E-state index contributed by atoms with van der Waals surface area (Å²) in [6.45, 7) is 8.07. The van der Waals surface area contributed by atoms with Gasteiger partial charge in [0.2, 0.25) is 0 Å². The number of unbranched alkanes of at least 4 members (excludes halogenated alkanes) is 1. The molecule has 2 unspecified atom stereocenters. The molecule has 0 amide bonds. The standard InChI is InChI=1S/C15H31NO3/c1-5-8-9-13(6-2)12-18-11-10-14(16-4)15(17)19-7-3/h13-14,16H,5-12H2,1-4H3. The van der Waals surface area contributed by atoms with Gasteiger partial charge in [-0.15, -0.1) is 0 Å². The van der Waals surface area contributed by atoms with Gasteiger partial charge in [0.15, 0.2) is 0 Å². The molecule has 0 aromatic rings. The lowest BCUT2D eigenvalue weighted by Crippen LogP contribution is -2.36. The Morgan fingerprint density at radius 2 is 1.95 bits per heavy atom. The minimum absolute atomic E-state index is 0.188. The van der Waals surface area contributed by atoms with Gasteiger partial charge in [0.25, 0.3) is 0 Å². The molecule has 0 heterocycles. The summed E-state index contributed by atoms with van der Waals surface area (Å²) >= 11 is 0. The maximum atomic E-state index is 11.6. The monoisotopic (exact) mass is 273 g/mol. The molecule has 0 aromatic heterocycles. The highest BCUT2D eigenvalue weighted by Crippen LogP contribution is 2.13. The van der Waals surface area contributed by atoms with Gasteiger partial charge >= 0.3 is 5.97 Å². The van der Waals surface area contributed by atoms with Gasteiger partial charge in [-0.05, 0) is 32.7 Å². The molecule has 0 aromatic carbocycles. The number of carbonyl (C=O) groups excluding carboxylic acids is 1. The first-order valence-electron chi connectivity index (χ1n) is 7.61. The summed E-state index contributed by atoms with van der Waals surface area (Å²) in [5, 5.41) is 2.97. The smallest absolute Gasteiger partial charge is 0.323 e. The highest BCUT2D eigenvalue weighted by atomic mass is 16.5. The molecule has 19 heavy (non-hydrogen) atoms. The van der Waals surface area contributed by atoms with Gasteiger partial charge in [-0.1, -0.05) is 33.1 Å². The van der Waals surface area contributed by atoms with Crippen LogP contribution in [0.25, 0.3) is 0 Å². The largest absolute Gasteiger partial charge is 0.465 e.